The Labute approximate surface area is 164 Å². The molecule has 4 rings (SSSR count). The van der Waals surface area contributed by atoms with Crippen LogP contribution in [0.4, 0.5) is 11.4 Å². The van der Waals surface area contributed by atoms with Gasteiger partial charge in [-0.2, -0.15) is 0 Å². The topological polar surface area (TPSA) is 78.7 Å². The lowest BCUT2D eigenvalue weighted by Crippen LogP contribution is -2.51. The number of carbonyl (C=O) groups excluding carboxylic acids is 1. The molecule has 2 aliphatic rings. The first-order chi connectivity index (χ1) is 13.6. The highest BCUT2D eigenvalue weighted by atomic mass is 16.6. The number of piperazine rings is 1. The van der Waals surface area contributed by atoms with Crippen molar-refractivity contribution in [2.24, 2.45) is 0 Å². The van der Waals surface area contributed by atoms with Crippen molar-refractivity contribution in [2.75, 3.05) is 31.1 Å². The van der Waals surface area contributed by atoms with E-state index in [1.807, 2.05) is 30.3 Å². The van der Waals surface area contributed by atoms with Gasteiger partial charge in [0.1, 0.15) is 6.04 Å². The van der Waals surface area contributed by atoms with Gasteiger partial charge in [0.2, 0.25) is 5.91 Å². The Morgan fingerprint density at radius 3 is 2.21 bits per heavy atom. The van der Waals surface area contributed by atoms with Crippen molar-refractivity contribution in [3.63, 3.8) is 0 Å². The summed E-state index contributed by atoms with van der Waals surface area (Å²) in [6.07, 6.45) is 2.14. The van der Waals surface area contributed by atoms with Crippen molar-refractivity contribution >= 4 is 17.3 Å². The van der Waals surface area contributed by atoms with E-state index >= 15 is 0 Å². The highest BCUT2D eigenvalue weighted by molar-refractivity contribution is 5.83. The van der Waals surface area contributed by atoms with E-state index in [9.17, 15) is 14.9 Å². The zero-order valence-corrected chi connectivity index (χ0v) is 15.7. The van der Waals surface area contributed by atoms with Crippen LogP contribution in [0.25, 0.3) is 0 Å². The molecule has 28 heavy (non-hydrogen) atoms. The van der Waals surface area contributed by atoms with Crippen LogP contribution in [0.2, 0.25) is 0 Å². The molecule has 1 saturated carbocycles. The first-order valence-electron chi connectivity index (χ1n) is 9.70. The number of non-ortho nitro benzene ring substituents is 1. The molecular weight excluding hydrogens is 356 g/mol. The summed E-state index contributed by atoms with van der Waals surface area (Å²) in [5, 5.41) is 14.0. The highest BCUT2D eigenvalue weighted by Crippen LogP contribution is 2.27. The molecule has 0 spiro atoms. The van der Waals surface area contributed by atoms with Crippen molar-refractivity contribution in [1.29, 1.82) is 0 Å². The summed E-state index contributed by atoms with van der Waals surface area (Å²) in [6.45, 7) is 3.07. The van der Waals surface area contributed by atoms with Crippen LogP contribution in [-0.4, -0.2) is 48.0 Å². The molecule has 2 aromatic rings. The van der Waals surface area contributed by atoms with Gasteiger partial charge in [0, 0.05) is 50.0 Å². The summed E-state index contributed by atoms with van der Waals surface area (Å²) in [7, 11) is 0. The van der Waals surface area contributed by atoms with Crippen molar-refractivity contribution in [3.05, 3.63) is 70.3 Å². The molecule has 0 bridgehead atoms. The number of hydrogen-bond acceptors (Lipinski definition) is 5. The van der Waals surface area contributed by atoms with E-state index in [1.54, 1.807) is 12.1 Å². The zero-order valence-electron chi connectivity index (χ0n) is 15.7. The highest BCUT2D eigenvalue weighted by Gasteiger charge is 2.33. The van der Waals surface area contributed by atoms with E-state index in [4.69, 9.17) is 0 Å². The first kappa shape index (κ1) is 18.4. The summed E-state index contributed by atoms with van der Waals surface area (Å²) < 4.78 is 0. The molecule has 2 fully saturated rings. The molecule has 0 unspecified atom stereocenters. The Hall–Kier alpha value is -2.93. The molecule has 1 aliphatic heterocycles. The van der Waals surface area contributed by atoms with Crippen LogP contribution in [0.1, 0.15) is 24.4 Å². The molecule has 7 heteroatoms. The second kappa shape index (κ2) is 7.98. The van der Waals surface area contributed by atoms with Crippen molar-refractivity contribution < 1.29 is 9.72 Å². The van der Waals surface area contributed by atoms with Crippen LogP contribution < -0.4 is 10.2 Å². The summed E-state index contributed by atoms with van der Waals surface area (Å²) in [6, 6.07) is 16.7. The van der Waals surface area contributed by atoms with Gasteiger partial charge in [-0.05, 0) is 30.5 Å². The standard InChI is InChI=1S/C21H24N4O3/c26-21(22-17-6-7-17)20(16-4-2-1-3-5-16)24-14-12-23(13-15-24)18-8-10-19(11-9-18)25(27)28/h1-5,8-11,17,20H,6-7,12-15H2,(H,22,26)/t20-/m1/s1. The molecule has 1 heterocycles. The molecule has 1 aliphatic carbocycles. The van der Waals surface area contributed by atoms with Crippen LogP contribution in [0.5, 0.6) is 0 Å². The van der Waals surface area contributed by atoms with Gasteiger partial charge in [-0.3, -0.25) is 19.8 Å². The molecule has 1 atom stereocenters. The van der Waals surface area contributed by atoms with Gasteiger partial charge in [-0.1, -0.05) is 30.3 Å². The summed E-state index contributed by atoms with van der Waals surface area (Å²) in [5.74, 6) is 0.0810. The van der Waals surface area contributed by atoms with Gasteiger partial charge >= 0.3 is 0 Å². The zero-order chi connectivity index (χ0) is 19.5. The molecule has 146 valence electrons. The molecule has 7 nitrogen and oxygen atoms in total. The van der Waals surface area contributed by atoms with Gasteiger partial charge in [0.05, 0.1) is 4.92 Å². The van der Waals surface area contributed by atoms with Crippen LogP contribution in [0.15, 0.2) is 54.6 Å². The van der Waals surface area contributed by atoms with Gasteiger partial charge < -0.3 is 10.2 Å². The average Bonchev–Trinajstić information content (AvgIpc) is 3.53. The maximum absolute atomic E-state index is 12.9. The van der Waals surface area contributed by atoms with Gasteiger partial charge in [-0.25, -0.2) is 0 Å². The fourth-order valence-corrected chi connectivity index (χ4v) is 3.69. The number of benzene rings is 2. The molecule has 1 amide bonds. The van der Waals surface area contributed by atoms with E-state index in [2.05, 4.69) is 15.1 Å². The average molecular weight is 380 g/mol. The van der Waals surface area contributed by atoms with Gasteiger partial charge in [0.15, 0.2) is 0 Å². The maximum Gasteiger partial charge on any atom is 0.269 e. The number of nitro groups is 1. The lowest BCUT2D eigenvalue weighted by Gasteiger charge is -2.39. The van der Waals surface area contributed by atoms with Crippen molar-refractivity contribution in [3.8, 4) is 0 Å². The van der Waals surface area contributed by atoms with Crippen LogP contribution in [-0.2, 0) is 4.79 Å². The SMILES string of the molecule is O=C(NC1CC1)[C@@H](c1ccccc1)N1CCN(c2ccc([N+](=O)[O-])cc2)CC1. The monoisotopic (exact) mass is 380 g/mol. The fraction of sp³-hybridized carbons (Fsp3) is 0.381. The molecule has 1 saturated heterocycles. The van der Waals surface area contributed by atoms with E-state index < -0.39 is 0 Å². The molecular formula is C21H24N4O3. The third-order valence-electron chi connectivity index (χ3n) is 5.39. The Kier molecular flexibility index (Phi) is 5.25. The Morgan fingerprint density at radius 1 is 1.00 bits per heavy atom. The predicted molar refractivity (Wildman–Crippen MR) is 107 cm³/mol. The predicted octanol–water partition coefficient (Wildman–Crippen LogP) is 2.74. The quantitative estimate of drug-likeness (QED) is 0.616. The number of hydrogen-bond donors (Lipinski definition) is 1. The summed E-state index contributed by atoms with van der Waals surface area (Å²) in [5.41, 5.74) is 2.09. The Morgan fingerprint density at radius 2 is 1.64 bits per heavy atom. The van der Waals surface area contributed by atoms with Gasteiger partial charge in [0.25, 0.3) is 5.69 Å². The number of nitrogens with zero attached hydrogens (tertiary/aromatic N) is 3. The normalized spacial score (nSPS) is 18.5. The van der Waals surface area contributed by atoms with Crippen LogP contribution in [0, 0.1) is 10.1 Å². The third-order valence-corrected chi connectivity index (χ3v) is 5.39. The third kappa shape index (κ3) is 4.14. The van der Waals surface area contributed by atoms with Crippen LogP contribution >= 0.6 is 0 Å². The number of rotatable bonds is 6. The summed E-state index contributed by atoms with van der Waals surface area (Å²) >= 11 is 0. The second-order valence-electron chi connectivity index (χ2n) is 7.39. The van der Waals surface area contributed by atoms with Crippen molar-refractivity contribution in [1.82, 2.24) is 10.2 Å². The van der Waals surface area contributed by atoms with Gasteiger partial charge in [-0.15, -0.1) is 0 Å². The second-order valence-corrected chi connectivity index (χ2v) is 7.39. The number of nitro benzene ring substituents is 1. The minimum Gasteiger partial charge on any atom is -0.369 e. The first-order valence-corrected chi connectivity index (χ1v) is 9.70. The summed E-state index contributed by atoms with van der Waals surface area (Å²) in [4.78, 5) is 27.8. The van der Waals surface area contributed by atoms with Crippen molar-refractivity contribution in [2.45, 2.75) is 24.9 Å². The molecule has 2 aromatic carbocycles. The fourth-order valence-electron chi connectivity index (χ4n) is 3.69. The lowest BCUT2D eigenvalue weighted by molar-refractivity contribution is -0.384. The minimum absolute atomic E-state index is 0.0810. The maximum atomic E-state index is 12.9. The molecule has 0 aromatic heterocycles. The van der Waals surface area contributed by atoms with E-state index in [1.165, 1.54) is 12.1 Å². The molecule has 0 radical (unpaired) electrons. The largest absolute Gasteiger partial charge is 0.369 e. The number of nitrogens with one attached hydrogen (secondary N) is 1. The number of anilines is 1. The minimum atomic E-state index is -0.384. The lowest BCUT2D eigenvalue weighted by atomic mass is 10.0. The molecule has 1 N–H and O–H groups in total. The Bertz CT molecular complexity index is 828. The number of amides is 1. The van der Waals surface area contributed by atoms with E-state index in [0.717, 1.165) is 50.3 Å². The van der Waals surface area contributed by atoms with E-state index in [-0.39, 0.29) is 22.6 Å². The number of carbonyl (C=O) groups is 1. The van der Waals surface area contributed by atoms with E-state index in [0.29, 0.717) is 6.04 Å². The Balaban J connectivity index is 1.45. The van der Waals surface area contributed by atoms with Crippen LogP contribution in [0.3, 0.4) is 0 Å². The smallest absolute Gasteiger partial charge is 0.269 e.